The number of benzene rings is 1. The smallest absolute Gasteiger partial charge is 0.410 e. The zero-order valence-electron chi connectivity index (χ0n) is 19.2. The zero-order chi connectivity index (χ0) is 22.9. The van der Waals surface area contributed by atoms with E-state index in [0.717, 1.165) is 23.3 Å². The summed E-state index contributed by atoms with van der Waals surface area (Å²) in [6, 6.07) is 12.0. The molecule has 0 spiro atoms. The van der Waals surface area contributed by atoms with Crippen LogP contribution in [0.25, 0.3) is 5.57 Å². The van der Waals surface area contributed by atoms with Gasteiger partial charge in [-0.15, -0.1) is 0 Å². The van der Waals surface area contributed by atoms with Gasteiger partial charge >= 0.3 is 6.09 Å². The van der Waals surface area contributed by atoms with Gasteiger partial charge in [-0.2, -0.15) is 0 Å². The van der Waals surface area contributed by atoms with Crippen LogP contribution in [0, 0.1) is 5.92 Å². The first-order chi connectivity index (χ1) is 15.2. The normalized spacial score (nSPS) is 19.2. The summed E-state index contributed by atoms with van der Waals surface area (Å²) in [6.07, 6.45) is 5.24. The average Bonchev–Trinajstić information content (AvgIpc) is 3.48. The van der Waals surface area contributed by atoms with Crippen LogP contribution in [0.3, 0.4) is 0 Å². The van der Waals surface area contributed by atoms with Crippen molar-refractivity contribution in [1.82, 2.24) is 9.88 Å². The van der Waals surface area contributed by atoms with E-state index in [1.165, 1.54) is 18.4 Å². The predicted octanol–water partition coefficient (Wildman–Crippen LogP) is 6.31. The number of pyridine rings is 1. The average molecular weight is 455 g/mol. The van der Waals surface area contributed by atoms with Crippen LogP contribution in [-0.2, 0) is 4.74 Å². The molecule has 0 bridgehead atoms. The highest BCUT2D eigenvalue weighted by atomic mass is 35.5. The van der Waals surface area contributed by atoms with E-state index in [9.17, 15) is 4.79 Å². The number of amides is 1. The van der Waals surface area contributed by atoms with E-state index < -0.39 is 5.60 Å². The molecule has 1 aliphatic carbocycles. The Kier molecular flexibility index (Phi) is 6.47. The summed E-state index contributed by atoms with van der Waals surface area (Å²) in [7, 11) is 1.68. The Morgan fingerprint density at radius 1 is 1.12 bits per heavy atom. The number of hydrogen-bond acceptors (Lipinski definition) is 4. The van der Waals surface area contributed by atoms with Crippen LogP contribution < -0.4 is 4.74 Å². The molecule has 1 aliphatic heterocycles. The van der Waals surface area contributed by atoms with Crippen LogP contribution in [0.15, 0.2) is 42.5 Å². The number of nitrogens with zero attached hydrogens (tertiary/aromatic N) is 2. The van der Waals surface area contributed by atoms with E-state index in [0.29, 0.717) is 29.9 Å². The van der Waals surface area contributed by atoms with E-state index >= 15 is 0 Å². The van der Waals surface area contributed by atoms with E-state index in [2.05, 4.69) is 18.2 Å². The molecule has 1 amide bonds. The molecule has 2 heterocycles. The molecule has 5 nitrogen and oxygen atoms in total. The molecule has 0 N–H and O–H groups in total. The minimum atomic E-state index is -0.497. The molecule has 0 radical (unpaired) electrons. The molecule has 1 aromatic carbocycles. The van der Waals surface area contributed by atoms with Gasteiger partial charge in [0.15, 0.2) is 0 Å². The van der Waals surface area contributed by atoms with E-state index in [-0.39, 0.29) is 12.0 Å². The van der Waals surface area contributed by atoms with Gasteiger partial charge in [-0.25, -0.2) is 9.78 Å². The minimum absolute atomic E-state index is 0.212. The van der Waals surface area contributed by atoms with Crippen molar-refractivity contribution >= 4 is 23.3 Å². The summed E-state index contributed by atoms with van der Waals surface area (Å²) in [5, 5.41) is 0.694. The zero-order valence-corrected chi connectivity index (χ0v) is 20.0. The van der Waals surface area contributed by atoms with Gasteiger partial charge in [-0.3, -0.25) is 0 Å². The maximum Gasteiger partial charge on any atom is 0.410 e. The molecule has 2 fully saturated rings. The number of methoxy groups -OCH3 is 1. The SMILES string of the molecule is COc1nc(/C(=C/[C@H]2CCN(C(=O)OC(C)(C)C)C2)c2ccc(Cl)cc2)ccc1C1CC1. The molecular formula is C26H31ClN2O3. The molecule has 2 aliphatic rings. The number of ether oxygens (including phenoxy) is 2. The summed E-state index contributed by atoms with van der Waals surface area (Å²) in [5.74, 6) is 1.47. The molecule has 1 aromatic heterocycles. The Labute approximate surface area is 195 Å². The summed E-state index contributed by atoms with van der Waals surface area (Å²) in [4.78, 5) is 19.2. The van der Waals surface area contributed by atoms with Crippen molar-refractivity contribution in [2.24, 2.45) is 5.92 Å². The van der Waals surface area contributed by atoms with Gasteiger partial charge in [0, 0.05) is 29.2 Å². The monoisotopic (exact) mass is 454 g/mol. The third kappa shape index (κ3) is 5.44. The number of rotatable bonds is 5. The van der Waals surface area contributed by atoms with Crippen molar-refractivity contribution in [3.05, 3.63) is 64.3 Å². The van der Waals surface area contributed by atoms with Gasteiger partial charge in [0.2, 0.25) is 5.88 Å². The quantitative estimate of drug-likeness (QED) is 0.531. The number of carbonyl (C=O) groups is 1. The Hall–Kier alpha value is -2.53. The van der Waals surface area contributed by atoms with Gasteiger partial charge in [0.25, 0.3) is 0 Å². The highest BCUT2D eigenvalue weighted by Gasteiger charge is 2.30. The number of hydrogen-bond donors (Lipinski definition) is 0. The maximum absolute atomic E-state index is 12.5. The first-order valence-corrected chi connectivity index (χ1v) is 11.6. The lowest BCUT2D eigenvalue weighted by atomic mass is 9.96. The standard InChI is InChI=1S/C26H31ClN2O3/c1-26(2,3)32-25(30)29-14-13-17(16-29)15-22(19-7-9-20(27)10-8-19)23-12-11-21(18-5-6-18)24(28-23)31-4/h7-12,15,17-18H,5-6,13-14,16H2,1-4H3/b22-15+/t17-/m1/s1. The topological polar surface area (TPSA) is 51.7 Å². The fourth-order valence-electron chi connectivity index (χ4n) is 4.08. The van der Waals surface area contributed by atoms with Crippen LogP contribution in [0.2, 0.25) is 5.02 Å². The lowest BCUT2D eigenvalue weighted by molar-refractivity contribution is 0.0291. The van der Waals surface area contributed by atoms with E-state index in [1.807, 2.05) is 45.0 Å². The fourth-order valence-corrected chi connectivity index (χ4v) is 4.21. The molecule has 1 saturated carbocycles. The first-order valence-electron chi connectivity index (χ1n) is 11.2. The number of halogens is 1. The largest absolute Gasteiger partial charge is 0.481 e. The van der Waals surface area contributed by atoms with Gasteiger partial charge in [0.05, 0.1) is 12.8 Å². The molecule has 32 heavy (non-hydrogen) atoms. The molecule has 4 rings (SSSR count). The lowest BCUT2D eigenvalue weighted by Gasteiger charge is -2.24. The molecule has 1 atom stereocenters. The van der Waals surface area contributed by atoms with Crippen molar-refractivity contribution < 1.29 is 14.3 Å². The first kappa shape index (κ1) is 22.7. The number of likely N-dealkylation sites (tertiary alicyclic amines) is 1. The minimum Gasteiger partial charge on any atom is -0.481 e. The maximum atomic E-state index is 12.5. The van der Waals surface area contributed by atoms with Crippen LogP contribution in [0.5, 0.6) is 5.88 Å². The second-order valence-electron chi connectivity index (χ2n) is 9.63. The molecule has 170 valence electrons. The summed E-state index contributed by atoms with van der Waals surface area (Å²) in [5.41, 5.74) is 3.62. The molecule has 2 aromatic rings. The Morgan fingerprint density at radius 3 is 2.47 bits per heavy atom. The predicted molar refractivity (Wildman–Crippen MR) is 127 cm³/mol. The van der Waals surface area contributed by atoms with Crippen molar-refractivity contribution in [2.75, 3.05) is 20.2 Å². The van der Waals surface area contributed by atoms with E-state index in [4.69, 9.17) is 26.1 Å². The van der Waals surface area contributed by atoms with Gasteiger partial charge < -0.3 is 14.4 Å². The highest BCUT2D eigenvalue weighted by Crippen LogP contribution is 2.44. The van der Waals surface area contributed by atoms with Crippen LogP contribution in [-0.4, -0.2) is 41.8 Å². The van der Waals surface area contributed by atoms with Crippen molar-refractivity contribution in [1.29, 1.82) is 0 Å². The molecule has 0 unspecified atom stereocenters. The van der Waals surface area contributed by atoms with Crippen molar-refractivity contribution in [3.8, 4) is 5.88 Å². The number of carbonyl (C=O) groups excluding carboxylic acids is 1. The Bertz CT molecular complexity index is 1010. The van der Waals surface area contributed by atoms with Crippen molar-refractivity contribution in [2.45, 2.75) is 51.6 Å². The summed E-state index contributed by atoms with van der Waals surface area (Å²) in [6.45, 7) is 6.98. The third-order valence-electron chi connectivity index (χ3n) is 5.81. The third-order valence-corrected chi connectivity index (χ3v) is 6.06. The molecule has 1 saturated heterocycles. The summed E-state index contributed by atoms with van der Waals surface area (Å²) < 4.78 is 11.2. The number of aromatic nitrogens is 1. The second-order valence-corrected chi connectivity index (χ2v) is 10.1. The van der Waals surface area contributed by atoms with Gasteiger partial charge in [0.1, 0.15) is 5.60 Å². The Morgan fingerprint density at radius 2 is 1.84 bits per heavy atom. The Balaban J connectivity index is 1.63. The van der Waals surface area contributed by atoms with Crippen LogP contribution >= 0.6 is 11.6 Å². The fraction of sp³-hybridized carbons (Fsp3) is 0.462. The van der Waals surface area contributed by atoms with Gasteiger partial charge in [-0.1, -0.05) is 35.9 Å². The van der Waals surface area contributed by atoms with Crippen LogP contribution in [0.4, 0.5) is 4.79 Å². The molecule has 6 heteroatoms. The molecular weight excluding hydrogens is 424 g/mol. The lowest BCUT2D eigenvalue weighted by Crippen LogP contribution is -2.35. The van der Waals surface area contributed by atoms with Crippen LogP contribution in [0.1, 0.15) is 62.8 Å². The van der Waals surface area contributed by atoms with Gasteiger partial charge in [-0.05, 0) is 75.6 Å². The highest BCUT2D eigenvalue weighted by molar-refractivity contribution is 6.30. The van der Waals surface area contributed by atoms with E-state index in [1.54, 1.807) is 12.0 Å². The second kappa shape index (κ2) is 9.14. The summed E-state index contributed by atoms with van der Waals surface area (Å²) >= 11 is 6.14. The van der Waals surface area contributed by atoms with Crippen molar-refractivity contribution in [3.63, 3.8) is 0 Å².